The third-order valence-corrected chi connectivity index (χ3v) is 3.38. The maximum atomic E-state index is 12.0. The average molecular weight is 371 g/mol. The molecule has 3 N–H and O–H groups in total. The van der Waals surface area contributed by atoms with Crippen molar-refractivity contribution in [1.82, 2.24) is 4.98 Å². The largest absolute Gasteiger partial charge is 0.399 e. The summed E-state index contributed by atoms with van der Waals surface area (Å²) < 4.78 is 1.41. The molecule has 0 spiro atoms. The van der Waals surface area contributed by atoms with Crippen LogP contribution in [0.5, 0.6) is 0 Å². The number of hydrogen-bond donors (Lipinski definition) is 2. The van der Waals surface area contributed by atoms with Gasteiger partial charge in [0.1, 0.15) is 4.60 Å². The monoisotopic (exact) mass is 369 g/mol. The van der Waals surface area contributed by atoms with E-state index in [1.807, 2.05) is 0 Å². The first-order chi connectivity index (χ1) is 8.56. The van der Waals surface area contributed by atoms with Gasteiger partial charge < -0.3 is 11.1 Å². The Morgan fingerprint density at radius 2 is 2.00 bits per heavy atom. The van der Waals surface area contributed by atoms with E-state index < -0.39 is 0 Å². The van der Waals surface area contributed by atoms with E-state index in [2.05, 4.69) is 42.2 Å². The van der Waals surface area contributed by atoms with Gasteiger partial charge in [0.15, 0.2) is 0 Å². The van der Waals surface area contributed by atoms with Crippen molar-refractivity contribution in [2.24, 2.45) is 0 Å². The summed E-state index contributed by atoms with van der Waals surface area (Å²) in [5.74, 6) is -0.238. The van der Waals surface area contributed by atoms with Gasteiger partial charge in [-0.05, 0) is 62.2 Å². The number of nitrogen functional groups attached to an aromatic ring is 1. The van der Waals surface area contributed by atoms with Crippen LogP contribution in [0.15, 0.2) is 45.6 Å². The highest BCUT2D eigenvalue weighted by Gasteiger charge is 2.10. The Morgan fingerprint density at radius 3 is 2.67 bits per heavy atom. The number of anilines is 2. The van der Waals surface area contributed by atoms with Crippen LogP contribution >= 0.6 is 31.9 Å². The molecule has 6 heteroatoms. The molecule has 0 fully saturated rings. The van der Waals surface area contributed by atoms with Crippen molar-refractivity contribution in [3.63, 3.8) is 0 Å². The highest BCUT2D eigenvalue weighted by molar-refractivity contribution is 9.10. The minimum absolute atomic E-state index is 0.238. The predicted octanol–water partition coefficient (Wildman–Crippen LogP) is 3.44. The van der Waals surface area contributed by atoms with Crippen molar-refractivity contribution in [2.45, 2.75) is 0 Å². The van der Waals surface area contributed by atoms with Crippen LogP contribution < -0.4 is 11.1 Å². The van der Waals surface area contributed by atoms with Gasteiger partial charge in [0.25, 0.3) is 5.91 Å². The normalized spacial score (nSPS) is 10.1. The minimum Gasteiger partial charge on any atom is -0.399 e. The fourth-order valence-electron chi connectivity index (χ4n) is 1.37. The fourth-order valence-corrected chi connectivity index (χ4v) is 2.03. The van der Waals surface area contributed by atoms with E-state index in [9.17, 15) is 4.79 Å². The molecule has 0 unspecified atom stereocenters. The molecule has 92 valence electrons. The topological polar surface area (TPSA) is 68.0 Å². The van der Waals surface area contributed by atoms with E-state index in [-0.39, 0.29) is 5.91 Å². The molecule has 0 aliphatic heterocycles. The first-order valence-electron chi connectivity index (χ1n) is 5.04. The second kappa shape index (κ2) is 5.49. The van der Waals surface area contributed by atoms with Gasteiger partial charge in [-0.15, -0.1) is 0 Å². The molecule has 1 aromatic carbocycles. The highest BCUT2D eigenvalue weighted by Crippen LogP contribution is 2.21. The lowest BCUT2D eigenvalue weighted by molar-refractivity contribution is 0.102. The van der Waals surface area contributed by atoms with E-state index in [0.717, 1.165) is 0 Å². The number of carbonyl (C=O) groups is 1. The molecule has 0 atom stereocenters. The molecule has 1 amide bonds. The van der Waals surface area contributed by atoms with Gasteiger partial charge in [0, 0.05) is 10.2 Å². The standard InChI is InChI=1S/C12H9Br2N3O/c13-10-3-1-7(15)5-9(10)12(18)17-8-2-4-11(14)16-6-8/h1-6H,15H2,(H,17,18). The molecular formula is C12H9Br2N3O. The molecule has 1 aromatic heterocycles. The molecule has 0 bridgehead atoms. The van der Waals surface area contributed by atoms with Gasteiger partial charge in [0.2, 0.25) is 0 Å². The summed E-state index contributed by atoms with van der Waals surface area (Å²) in [6.07, 6.45) is 1.57. The molecule has 0 radical (unpaired) electrons. The van der Waals surface area contributed by atoms with Crippen molar-refractivity contribution in [3.05, 3.63) is 51.2 Å². The predicted molar refractivity (Wildman–Crippen MR) is 78.4 cm³/mol. The van der Waals surface area contributed by atoms with Crippen molar-refractivity contribution < 1.29 is 4.79 Å². The Balaban J connectivity index is 2.21. The number of nitrogens with zero attached hydrogens (tertiary/aromatic N) is 1. The lowest BCUT2D eigenvalue weighted by Gasteiger charge is -2.07. The SMILES string of the molecule is Nc1ccc(Br)c(C(=O)Nc2ccc(Br)nc2)c1. The van der Waals surface area contributed by atoms with Crippen LogP contribution in [0.4, 0.5) is 11.4 Å². The number of pyridine rings is 1. The molecule has 2 aromatic rings. The molecule has 0 saturated carbocycles. The Bertz CT molecular complexity index is 584. The maximum absolute atomic E-state index is 12.0. The van der Waals surface area contributed by atoms with Gasteiger partial charge in [-0.1, -0.05) is 0 Å². The zero-order chi connectivity index (χ0) is 13.1. The first-order valence-corrected chi connectivity index (χ1v) is 6.63. The Labute approximate surface area is 121 Å². The Hall–Kier alpha value is -1.40. The quantitative estimate of drug-likeness (QED) is 0.628. The number of amides is 1. The third-order valence-electron chi connectivity index (χ3n) is 2.22. The van der Waals surface area contributed by atoms with Crippen LogP contribution in [0.3, 0.4) is 0 Å². The van der Waals surface area contributed by atoms with E-state index >= 15 is 0 Å². The van der Waals surface area contributed by atoms with Crippen LogP contribution in [0, 0.1) is 0 Å². The fraction of sp³-hybridized carbons (Fsp3) is 0. The van der Waals surface area contributed by atoms with Crippen LogP contribution in [-0.4, -0.2) is 10.9 Å². The lowest BCUT2D eigenvalue weighted by atomic mass is 10.2. The van der Waals surface area contributed by atoms with Crippen molar-refractivity contribution in [1.29, 1.82) is 0 Å². The second-order valence-electron chi connectivity index (χ2n) is 3.56. The Morgan fingerprint density at radius 1 is 1.22 bits per heavy atom. The number of nitrogens with two attached hydrogens (primary N) is 1. The van der Waals surface area contributed by atoms with Crippen LogP contribution in [-0.2, 0) is 0 Å². The van der Waals surface area contributed by atoms with Crippen LogP contribution in [0.1, 0.15) is 10.4 Å². The van der Waals surface area contributed by atoms with Crippen LogP contribution in [0.2, 0.25) is 0 Å². The number of hydrogen-bond acceptors (Lipinski definition) is 3. The smallest absolute Gasteiger partial charge is 0.256 e. The summed E-state index contributed by atoms with van der Waals surface area (Å²) in [6.45, 7) is 0. The van der Waals surface area contributed by atoms with Gasteiger partial charge in [-0.2, -0.15) is 0 Å². The third kappa shape index (κ3) is 3.08. The van der Waals surface area contributed by atoms with Gasteiger partial charge >= 0.3 is 0 Å². The molecule has 1 heterocycles. The number of aromatic nitrogens is 1. The molecular weight excluding hydrogens is 362 g/mol. The molecule has 0 aliphatic carbocycles. The number of nitrogens with one attached hydrogen (secondary N) is 1. The number of rotatable bonds is 2. The molecule has 2 rings (SSSR count). The Kier molecular flexibility index (Phi) is 3.98. The minimum atomic E-state index is -0.238. The summed E-state index contributed by atoms with van der Waals surface area (Å²) >= 11 is 6.55. The zero-order valence-electron chi connectivity index (χ0n) is 9.15. The van der Waals surface area contributed by atoms with Crippen molar-refractivity contribution in [2.75, 3.05) is 11.1 Å². The van der Waals surface area contributed by atoms with Crippen LogP contribution in [0.25, 0.3) is 0 Å². The van der Waals surface area contributed by atoms with E-state index in [1.165, 1.54) is 0 Å². The van der Waals surface area contributed by atoms with Gasteiger partial charge in [-0.3, -0.25) is 4.79 Å². The second-order valence-corrected chi connectivity index (χ2v) is 5.23. The summed E-state index contributed by atoms with van der Waals surface area (Å²) in [5, 5.41) is 2.75. The number of carbonyl (C=O) groups excluding carboxylic acids is 1. The summed E-state index contributed by atoms with van der Waals surface area (Å²) in [6, 6.07) is 8.59. The lowest BCUT2D eigenvalue weighted by Crippen LogP contribution is -2.13. The van der Waals surface area contributed by atoms with Gasteiger partial charge in [-0.25, -0.2) is 4.98 Å². The summed E-state index contributed by atoms with van der Waals surface area (Å²) in [7, 11) is 0. The summed E-state index contributed by atoms with van der Waals surface area (Å²) in [5.41, 5.74) is 7.31. The molecule has 0 aliphatic rings. The first kappa shape index (κ1) is 13.0. The molecule has 18 heavy (non-hydrogen) atoms. The molecule has 0 saturated heterocycles. The zero-order valence-corrected chi connectivity index (χ0v) is 12.3. The van der Waals surface area contributed by atoms with Crippen molar-refractivity contribution >= 4 is 49.1 Å². The summed E-state index contributed by atoms with van der Waals surface area (Å²) in [4.78, 5) is 16.1. The number of benzene rings is 1. The van der Waals surface area contributed by atoms with E-state index in [1.54, 1.807) is 36.5 Å². The maximum Gasteiger partial charge on any atom is 0.256 e. The van der Waals surface area contributed by atoms with Crippen molar-refractivity contribution in [3.8, 4) is 0 Å². The molecule has 4 nitrogen and oxygen atoms in total. The van der Waals surface area contributed by atoms with E-state index in [4.69, 9.17) is 5.73 Å². The average Bonchev–Trinajstić information content (AvgIpc) is 2.35. The van der Waals surface area contributed by atoms with Gasteiger partial charge in [0.05, 0.1) is 17.4 Å². The number of halogens is 2. The van der Waals surface area contributed by atoms with E-state index in [0.29, 0.717) is 26.0 Å². The highest BCUT2D eigenvalue weighted by atomic mass is 79.9.